The van der Waals surface area contributed by atoms with Gasteiger partial charge in [0.05, 0.1) is 0 Å². The van der Waals surface area contributed by atoms with Crippen molar-refractivity contribution in [2.24, 2.45) is 0 Å². The Morgan fingerprint density at radius 1 is 1.70 bits per heavy atom. The summed E-state index contributed by atoms with van der Waals surface area (Å²) in [5.74, 6) is 0.787. The first-order valence-electron chi connectivity index (χ1n) is 3.33. The molecule has 4 nitrogen and oxygen atoms in total. The molecule has 10 heavy (non-hydrogen) atoms. The Kier molecular flexibility index (Phi) is 2.89. The van der Waals surface area contributed by atoms with E-state index in [1.165, 1.54) is 6.39 Å². The number of nitrogens with zero attached hydrogens (tertiary/aromatic N) is 2. The molecule has 1 aromatic heterocycles. The smallest absolute Gasteiger partial charge is 0.213 e. The molecule has 0 aromatic carbocycles. The predicted octanol–water partition coefficient (Wildman–Crippen LogP) is 0.222. The highest BCUT2D eigenvalue weighted by Crippen LogP contribution is 1.92. The molecule has 0 radical (unpaired) electrons. The molecule has 0 atom stereocenters. The summed E-state index contributed by atoms with van der Waals surface area (Å²) in [6, 6.07) is 0. The van der Waals surface area contributed by atoms with E-state index >= 15 is 0 Å². The monoisotopic (exact) mass is 141 g/mol. The van der Waals surface area contributed by atoms with Crippen LogP contribution in [0.2, 0.25) is 0 Å². The Morgan fingerprint density at radius 3 is 3.20 bits per heavy atom. The number of nitrogens with one attached hydrogen (secondary N) is 1. The SMILES string of the molecule is CNCCCc1ncon1. The lowest BCUT2D eigenvalue weighted by molar-refractivity contribution is 0.409. The van der Waals surface area contributed by atoms with Crippen LogP contribution in [0.1, 0.15) is 12.2 Å². The van der Waals surface area contributed by atoms with Crippen LogP contribution in [0.3, 0.4) is 0 Å². The lowest BCUT2D eigenvalue weighted by atomic mass is 10.3. The van der Waals surface area contributed by atoms with Gasteiger partial charge in [-0.05, 0) is 20.0 Å². The number of aromatic nitrogens is 2. The summed E-state index contributed by atoms with van der Waals surface area (Å²) in [4.78, 5) is 3.88. The minimum atomic E-state index is 0.787. The van der Waals surface area contributed by atoms with Gasteiger partial charge in [-0.3, -0.25) is 0 Å². The largest absolute Gasteiger partial charge is 0.343 e. The number of hydrogen-bond acceptors (Lipinski definition) is 4. The average Bonchev–Trinajstić information content (AvgIpc) is 2.41. The van der Waals surface area contributed by atoms with Gasteiger partial charge >= 0.3 is 0 Å². The zero-order valence-corrected chi connectivity index (χ0v) is 6.00. The zero-order chi connectivity index (χ0) is 7.23. The molecule has 0 saturated carbocycles. The van der Waals surface area contributed by atoms with E-state index in [2.05, 4.69) is 20.0 Å². The normalized spacial score (nSPS) is 10.1. The van der Waals surface area contributed by atoms with Gasteiger partial charge in [0.2, 0.25) is 6.39 Å². The Morgan fingerprint density at radius 2 is 2.60 bits per heavy atom. The summed E-state index contributed by atoms with van der Waals surface area (Å²) in [6.07, 6.45) is 3.29. The fourth-order valence-corrected chi connectivity index (χ4v) is 0.726. The molecule has 0 unspecified atom stereocenters. The van der Waals surface area contributed by atoms with E-state index in [0.29, 0.717) is 0 Å². The van der Waals surface area contributed by atoms with Crippen molar-refractivity contribution in [1.82, 2.24) is 15.5 Å². The van der Waals surface area contributed by atoms with Crippen molar-refractivity contribution >= 4 is 0 Å². The molecule has 56 valence electrons. The van der Waals surface area contributed by atoms with Gasteiger partial charge in [0.1, 0.15) is 0 Å². The first-order chi connectivity index (χ1) is 4.93. The topological polar surface area (TPSA) is 51.0 Å². The average molecular weight is 141 g/mol. The van der Waals surface area contributed by atoms with Gasteiger partial charge in [0.15, 0.2) is 5.82 Å². The van der Waals surface area contributed by atoms with Crippen molar-refractivity contribution in [2.45, 2.75) is 12.8 Å². The number of hydrogen-bond donors (Lipinski definition) is 1. The molecule has 1 heterocycles. The fraction of sp³-hybridized carbons (Fsp3) is 0.667. The molecule has 0 spiro atoms. The van der Waals surface area contributed by atoms with Crippen LogP contribution >= 0.6 is 0 Å². The number of aryl methyl sites for hydroxylation is 1. The van der Waals surface area contributed by atoms with Crippen molar-refractivity contribution in [1.29, 1.82) is 0 Å². The predicted molar refractivity (Wildman–Crippen MR) is 36.5 cm³/mol. The van der Waals surface area contributed by atoms with E-state index in [1.807, 2.05) is 7.05 Å². The van der Waals surface area contributed by atoms with Crippen molar-refractivity contribution in [2.75, 3.05) is 13.6 Å². The minimum Gasteiger partial charge on any atom is -0.343 e. The maximum absolute atomic E-state index is 4.56. The van der Waals surface area contributed by atoms with Crippen LogP contribution < -0.4 is 5.32 Å². The first kappa shape index (κ1) is 7.21. The molecule has 1 rings (SSSR count). The van der Waals surface area contributed by atoms with Crippen LogP contribution in [-0.2, 0) is 6.42 Å². The van der Waals surface area contributed by atoms with Crippen LogP contribution in [0.4, 0.5) is 0 Å². The Balaban J connectivity index is 2.15. The van der Waals surface area contributed by atoms with E-state index < -0.39 is 0 Å². The third kappa shape index (κ3) is 2.14. The highest BCUT2D eigenvalue weighted by molar-refractivity contribution is 4.77. The first-order valence-corrected chi connectivity index (χ1v) is 3.33. The second-order valence-corrected chi connectivity index (χ2v) is 2.05. The van der Waals surface area contributed by atoms with Crippen molar-refractivity contribution in [3.8, 4) is 0 Å². The van der Waals surface area contributed by atoms with E-state index in [-0.39, 0.29) is 0 Å². The van der Waals surface area contributed by atoms with E-state index in [9.17, 15) is 0 Å². The van der Waals surface area contributed by atoms with Gasteiger partial charge in [0.25, 0.3) is 0 Å². The van der Waals surface area contributed by atoms with Crippen LogP contribution in [0.15, 0.2) is 10.9 Å². The van der Waals surface area contributed by atoms with Gasteiger partial charge in [-0.1, -0.05) is 5.16 Å². The molecule has 4 heteroatoms. The number of rotatable bonds is 4. The molecular weight excluding hydrogens is 130 g/mol. The van der Waals surface area contributed by atoms with Crippen LogP contribution in [-0.4, -0.2) is 23.7 Å². The molecule has 0 bridgehead atoms. The highest BCUT2D eigenvalue weighted by atomic mass is 16.5. The van der Waals surface area contributed by atoms with Crippen LogP contribution in [0.5, 0.6) is 0 Å². The zero-order valence-electron chi connectivity index (χ0n) is 6.00. The second kappa shape index (κ2) is 4.00. The summed E-state index contributed by atoms with van der Waals surface area (Å²) in [5, 5.41) is 6.72. The van der Waals surface area contributed by atoms with Crippen molar-refractivity contribution in [3.63, 3.8) is 0 Å². The highest BCUT2D eigenvalue weighted by Gasteiger charge is 1.95. The van der Waals surface area contributed by atoms with Gasteiger partial charge in [-0.25, -0.2) is 0 Å². The van der Waals surface area contributed by atoms with Gasteiger partial charge in [-0.2, -0.15) is 4.98 Å². The maximum atomic E-state index is 4.56. The van der Waals surface area contributed by atoms with Crippen molar-refractivity contribution < 1.29 is 4.52 Å². The second-order valence-electron chi connectivity index (χ2n) is 2.05. The quantitative estimate of drug-likeness (QED) is 0.609. The van der Waals surface area contributed by atoms with Crippen LogP contribution in [0.25, 0.3) is 0 Å². The Labute approximate surface area is 59.6 Å². The summed E-state index contributed by atoms with van der Waals surface area (Å²) >= 11 is 0. The summed E-state index contributed by atoms with van der Waals surface area (Å²) < 4.78 is 4.56. The molecule has 0 saturated heterocycles. The van der Waals surface area contributed by atoms with E-state index in [1.54, 1.807) is 0 Å². The summed E-state index contributed by atoms with van der Waals surface area (Å²) in [7, 11) is 1.93. The Hall–Kier alpha value is -0.900. The molecular formula is C6H11N3O. The molecule has 0 aliphatic rings. The molecule has 0 aliphatic carbocycles. The molecule has 0 fully saturated rings. The van der Waals surface area contributed by atoms with Gasteiger partial charge in [-0.15, -0.1) is 0 Å². The van der Waals surface area contributed by atoms with E-state index in [0.717, 1.165) is 25.2 Å². The van der Waals surface area contributed by atoms with Crippen molar-refractivity contribution in [3.05, 3.63) is 12.2 Å². The Bertz CT molecular complexity index is 162. The third-order valence-corrected chi connectivity index (χ3v) is 1.23. The molecule has 0 aliphatic heterocycles. The third-order valence-electron chi connectivity index (χ3n) is 1.23. The fourth-order valence-electron chi connectivity index (χ4n) is 0.726. The lowest BCUT2D eigenvalue weighted by Gasteiger charge is -1.92. The molecule has 1 N–H and O–H groups in total. The standard InChI is InChI=1S/C6H11N3O/c1-7-4-2-3-6-8-5-10-9-6/h5,7H,2-4H2,1H3. The minimum absolute atomic E-state index is 0.787. The molecule has 0 amide bonds. The summed E-state index contributed by atoms with van der Waals surface area (Å²) in [6.45, 7) is 0.995. The molecule has 1 aromatic rings. The lowest BCUT2D eigenvalue weighted by Crippen LogP contribution is -2.08. The van der Waals surface area contributed by atoms with E-state index in [4.69, 9.17) is 0 Å². The van der Waals surface area contributed by atoms with Gasteiger partial charge in [0, 0.05) is 6.42 Å². The maximum Gasteiger partial charge on any atom is 0.213 e. The van der Waals surface area contributed by atoms with Gasteiger partial charge < -0.3 is 9.84 Å². The summed E-state index contributed by atoms with van der Waals surface area (Å²) in [5.41, 5.74) is 0. The van der Waals surface area contributed by atoms with Crippen LogP contribution in [0, 0.1) is 0 Å².